The van der Waals surface area contributed by atoms with Crippen molar-refractivity contribution >= 4 is 12.1 Å². The van der Waals surface area contributed by atoms with Gasteiger partial charge in [0.25, 0.3) is 11.5 Å². The van der Waals surface area contributed by atoms with Gasteiger partial charge in [-0.3, -0.25) is 9.59 Å². The highest BCUT2D eigenvalue weighted by Gasteiger charge is 2.18. The van der Waals surface area contributed by atoms with E-state index in [4.69, 9.17) is 0 Å². The summed E-state index contributed by atoms with van der Waals surface area (Å²) in [5, 5.41) is 13.8. The van der Waals surface area contributed by atoms with Crippen LogP contribution >= 0.6 is 0 Å². The molecule has 154 valence electrons. The molecular weight excluding hydrogens is 392 g/mol. The molecule has 0 atom stereocenters. The molecule has 0 aliphatic heterocycles. The first-order valence-electron chi connectivity index (χ1n) is 9.65. The third-order valence-corrected chi connectivity index (χ3v) is 4.84. The number of hydrazone groups is 1. The third kappa shape index (κ3) is 3.89. The number of para-hydroxylation sites is 3. The summed E-state index contributed by atoms with van der Waals surface area (Å²) in [5.41, 5.74) is 4.72. The van der Waals surface area contributed by atoms with Crippen molar-refractivity contribution in [1.29, 1.82) is 0 Å². The molecule has 0 saturated heterocycles. The molecule has 0 unspecified atom stereocenters. The fraction of sp³-hybridized carbons (Fsp3) is 0.0417. The van der Waals surface area contributed by atoms with Crippen LogP contribution < -0.4 is 11.0 Å². The van der Waals surface area contributed by atoms with Crippen molar-refractivity contribution < 1.29 is 9.90 Å². The Labute approximate surface area is 178 Å². The van der Waals surface area contributed by atoms with Crippen LogP contribution in [-0.2, 0) is 0 Å². The Hall–Kier alpha value is -4.39. The van der Waals surface area contributed by atoms with Gasteiger partial charge in [-0.05, 0) is 43.3 Å². The molecule has 0 fully saturated rings. The van der Waals surface area contributed by atoms with E-state index in [2.05, 4.69) is 10.5 Å². The van der Waals surface area contributed by atoms with Crippen LogP contribution in [0.1, 0.15) is 21.6 Å². The summed E-state index contributed by atoms with van der Waals surface area (Å²) in [6, 6.07) is 25.0. The Morgan fingerprint density at radius 3 is 2.03 bits per heavy atom. The summed E-state index contributed by atoms with van der Waals surface area (Å²) >= 11 is 0. The summed E-state index contributed by atoms with van der Waals surface area (Å²) in [7, 11) is 0. The zero-order chi connectivity index (χ0) is 21.8. The monoisotopic (exact) mass is 412 g/mol. The topological polar surface area (TPSA) is 88.6 Å². The number of hydrogen-bond donors (Lipinski definition) is 2. The molecule has 0 saturated carbocycles. The number of aromatic nitrogens is 2. The first-order chi connectivity index (χ1) is 15.1. The molecular formula is C24H20N4O3. The third-order valence-electron chi connectivity index (χ3n) is 4.84. The first-order valence-corrected chi connectivity index (χ1v) is 9.65. The molecule has 4 rings (SSSR count). The Morgan fingerprint density at radius 2 is 1.42 bits per heavy atom. The molecule has 0 bridgehead atoms. The molecule has 0 aliphatic rings. The van der Waals surface area contributed by atoms with E-state index >= 15 is 0 Å². The molecule has 1 aromatic heterocycles. The highest BCUT2D eigenvalue weighted by Crippen LogP contribution is 2.17. The predicted octanol–water partition coefficient (Wildman–Crippen LogP) is 3.41. The second kappa shape index (κ2) is 8.54. The van der Waals surface area contributed by atoms with Gasteiger partial charge in [0.15, 0.2) is 0 Å². The molecule has 3 aromatic carbocycles. The Morgan fingerprint density at radius 1 is 0.871 bits per heavy atom. The van der Waals surface area contributed by atoms with E-state index in [1.54, 1.807) is 16.8 Å². The lowest BCUT2D eigenvalue weighted by Gasteiger charge is -2.13. The van der Waals surface area contributed by atoms with Crippen molar-refractivity contribution in [3.05, 3.63) is 112 Å². The quantitative estimate of drug-likeness (QED) is 0.389. The van der Waals surface area contributed by atoms with E-state index in [0.29, 0.717) is 16.9 Å². The molecule has 0 radical (unpaired) electrons. The number of amides is 1. The van der Waals surface area contributed by atoms with Crippen molar-refractivity contribution in [2.75, 3.05) is 0 Å². The molecule has 4 aromatic rings. The number of benzene rings is 3. The summed E-state index contributed by atoms with van der Waals surface area (Å²) in [6.45, 7) is 1.82. The average Bonchev–Trinajstić information content (AvgIpc) is 3.05. The second-order valence-electron chi connectivity index (χ2n) is 6.82. The Balaban J connectivity index is 1.75. The van der Waals surface area contributed by atoms with Crippen LogP contribution in [0.2, 0.25) is 0 Å². The smallest absolute Gasteiger partial charge is 0.280 e. The Kier molecular flexibility index (Phi) is 5.49. The maximum absolute atomic E-state index is 13.3. The Bertz CT molecular complexity index is 1310. The van der Waals surface area contributed by atoms with Crippen molar-refractivity contribution in [2.45, 2.75) is 6.92 Å². The van der Waals surface area contributed by atoms with E-state index in [1.165, 1.54) is 18.3 Å². The van der Waals surface area contributed by atoms with Crippen LogP contribution in [-0.4, -0.2) is 26.6 Å². The van der Waals surface area contributed by atoms with E-state index in [-0.39, 0.29) is 16.9 Å². The minimum Gasteiger partial charge on any atom is -0.507 e. The van der Waals surface area contributed by atoms with Crippen LogP contribution in [0.4, 0.5) is 0 Å². The van der Waals surface area contributed by atoms with Gasteiger partial charge in [0, 0.05) is 0 Å². The lowest BCUT2D eigenvalue weighted by molar-refractivity contribution is 0.0952. The normalized spacial score (nSPS) is 11.0. The molecule has 7 nitrogen and oxygen atoms in total. The van der Waals surface area contributed by atoms with Crippen LogP contribution in [0.5, 0.6) is 5.75 Å². The standard InChI is InChI=1S/C24H20N4O3/c1-17-21(16-25-26-23(30)20-14-8-9-15-22(20)29)24(31)28(19-12-6-3-7-13-19)27(17)18-10-4-2-5-11-18/h2-16,29H,1H3,(H,26,30)/b25-16+. The molecule has 0 spiro atoms. The van der Waals surface area contributed by atoms with E-state index in [9.17, 15) is 14.7 Å². The van der Waals surface area contributed by atoms with Gasteiger partial charge in [-0.2, -0.15) is 5.10 Å². The van der Waals surface area contributed by atoms with Crippen molar-refractivity contribution in [3.8, 4) is 17.1 Å². The number of carbonyl (C=O) groups excluding carboxylic acids is 1. The summed E-state index contributed by atoms with van der Waals surface area (Å²) in [4.78, 5) is 25.5. The minimum absolute atomic E-state index is 0.0972. The van der Waals surface area contributed by atoms with Gasteiger partial charge in [0.1, 0.15) is 5.75 Å². The first kappa shape index (κ1) is 19.9. The maximum Gasteiger partial charge on any atom is 0.280 e. The average molecular weight is 412 g/mol. The molecule has 7 heteroatoms. The van der Waals surface area contributed by atoms with E-state index in [0.717, 1.165) is 5.69 Å². The van der Waals surface area contributed by atoms with Crippen LogP contribution in [0, 0.1) is 6.92 Å². The fourth-order valence-corrected chi connectivity index (χ4v) is 3.33. The fourth-order valence-electron chi connectivity index (χ4n) is 3.33. The largest absolute Gasteiger partial charge is 0.507 e. The molecule has 1 heterocycles. The number of nitrogens with one attached hydrogen (secondary N) is 1. The van der Waals surface area contributed by atoms with Crippen molar-refractivity contribution in [3.63, 3.8) is 0 Å². The highest BCUT2D eigenvalue weighted by molar-refractivity contribution is 5.97. The van der Waals surface area contributed by atoms with Gasteiger partial charge >= 0.3 is 0 Å². The number of hydrogen-bond acceptors (Lipinski definition) is 4. The van der Waals surface area contributed by atoms with Crippen LogP contribution in [0.15, 0.2) is 94.8 Å². The van der Waals surface area contributed by atoms with Gasteiger partial charge in [-0.15, -0.1) is 0 Å². The highest BCUT2D eigenvalue weighted by atomic mass is 16.3. The molecule has 0 aliphatic carbocycles. The number of rotatable bonds is 5. The number of phenolic OH excluding ortho intramolecular Hbond substituents is 1. The molecule has 2 N–H and O–H groups in total. The summed E-state index contributed by atoms with van der Waals surface area (Å²) in [5.74, 6) is -0.717. The van der Waals surface area contributed by atoms with Crippen LogP contribution in [0.25, 0.3) is 11.4 Å². The zero-order valence-corrected chi connectivity index (χ0v) is 16.8. The van der Waals surface area contributed by atoms with Crippen LogP contribution in [0.3, 0.4) is 0 Å². The second-order valence-corrected chi connectivity index (χ2v) is 6.82. The van der Waals surface area contributed by atoms with E-state index < -0.39 is 5.91 Å². The lowest BCUT2D eigenvalue weighted by Crippen LogP contribution is -2.22. The lowest BCUT2D eigenvalue weighted by atomic mass is 10.2. The zero-order valence-electron chi connectivity index (χ0n) is 16.8. The summed E-state index contributed by atoms with van der Waals surface area (Å²) < 4.78 is 3.38. The van der Waals surface area contributed by atoms with Gasteiger partial charge in [0.05, 0.1) is 34.4 Å². The summed E-state index contributed by atoms with van der Waals surface area (Å²) in [6.07, 6.45) is 1.33. The predicted molar refractivity (Wildman–Crippen MR) is 119 cm³/mol. The van der Waals surface area contributed by atoms with Crippen molar-refractivity contribution in [1.82, 2.24) is 14.8 Å². The SMILES string of the molecule is Cc1c(/C=N/NC(=O)c2ccccc2O)c(=O)n(-c2ccccc2)n1-c1ccccc1. The van der Waals surface area contributed by atoms with Gasteiger partial charge < -0.3 is 5.11 Å². The van der Waals surface area contributed by atoms with Gasteiger partial charge in [-0.25, -0.2) is 14.8 Å². The van der Waals surface area contributed by atoms with Crippen molar-refractivity contribution in [2.24, 2.45) is 5.10 Å². The molecule has 31 heavy (non-hydrogen) atoms. The number of nitrogens with zero attached hydrogens (tertiary/aromatic N) is 3. The maximum atomic E-state index is 13.3. The van der Waals surface area contributed by atoms with E-state index in [1.807, 2.05) is 72.3 Å². The number of phenols is 1. The van der Waals surface area contributed by atoms with Gasteiger partial charge in [0.2, 0.25) is 0 Å². The number of aromatic hydroxyl groups is 1. The minimum atomic E-state index is -0.571. The number of carbonyl (C=O) groups is 1. The molecule has 1 amide bonds. The van der Waals surface area contributed by atoms with Gasteiger partial charge in [-0.1, -0.05) is 48.5 Å².